The minimum atomic E-state index is -2.44. The molecule has 0 radical (unpaired) electrons. The molecular weight excluding hydrogens is 480 g/mol. The monoisotopic (exact) mass is 510 g/mol. The van der Waals surface area contributed by atoms with Crippen molar-refractivity contribution in [3.63, 3.8) is 0 Å². The molecule has 9 nitrogen and oxygen atoms in total. The van der Waals surface area contributed by atoms with Gasteiger partial charge >= 0.3 is 11.9 Å². The van der Waals surface area contributed by atoms with Gasteiger partial charge in [-0.15, -0.1) is 0 Å². The molecule has 4 saturated heterocycles. The zero-order chi connectivity index (χ0) is 26.6. The normalized spacial score (nSPS) is 55.4. The van der Waals surface area contributed by atoms with Crippen LogP contribution in [0.5, 0.6) is 0 Å². The van der Waals surface area contributed by atoms with Crippen LogP contribution in [0.1, 0.15) is 52.9 Å². The lowest BCUT2D eigenvalue weighted by Gasteiger charge is -2.60. The van der Waals surface area contributed by atoms with Crippen molar-refractivity contribution < 1.29 is 43.6 Å². The summed E-state index contributed by atoms with van der Waals surface area (Å²) < 4.78 is 18.0. The van der Waals surface area contributed by atoms with E-state index >= 15 is 0 Å². The standard InChI is InChI=1S/C28H30O9/c1-13-21(31)35-18-12-23(13,2)19-20(30)27(34)16-9-8-14-6-5-7-17(29)24(14,3)15(16)10-11-26(33)22(32)36-25(18,4)28(19,26)37-27/h5,7-8,15-16,18-19,33-34H,1,6,9-12H2,2-4H3/t15-,16+,18+,19-,23+,24-,25-,26-,27-,28-/m0/s1. The lowest BCUT2D eigenvalue weighted by molar-refractivity contribution is -0.339. The number of carbonyl (C=O) groups is 4. The van der Waals surface area contributed by atoms with Crippen molar-refractivity contribution in [2.24, 2.45) is 28.6 Å². The van der Waals surface area contributed by atoms with Gasteiger partial charge in [0.25, 0.3) is 0 Å². The fraction of sp³-hybridized carbons (Fsp3) is 0.643. The van der Waals surface area contributed by atoms with Crippen LogP contribution in [0.25, 0.3) is 0 Å². The quantitative estimate of drug-likeness (QED) is 0.282. The van der Waals surface area contributed by atoms with Crippen molar-refractivity contribution in [1.82, 2.24) is 0 Å². The molecule has 9 heteroatoms. The molecule has 5 fully saturated rings. The highest BCUT2D eigenvalue weighted by atomic mass is 16.7. The molecule has 0 aromatic rings. The Balaban J connectivity index is 1.50. The van der Waals surface area contributed by atoms with Gasteiger partial charge in [0, 0.05) is 16.9 Å². The van der Waals surface area contributed by atoms with E-state index in [1.165, 1.54) is 13.0 Å². The largest absolute Gasteiger partial charge is 0.455 e. The van der Waals surface area contributed by atoms with Gasteiger partial charge in [-0.1, -0.05) is 31.2 Å². The van der Waals surface area contributed by atoms with E-state index in [2.05, 4.69) is 6.58 Å². The highest BCUT2D eigenvalue weighted by Gasteiger charge is 2.91. The van der Waals surface area contributed by atoms with Crippen LogP contribution < -0.4 is 0 Å². The molecule has 0 aromatic carbocycles. The van der Waals surface area contributed by atoms with Crippen molar-refractivity contribution in [3.05, 3.63) is 36.0 Å². The Bertz CT molecular complexity index is 1310. The predicted octanol–water partition coefficient (Wildman–Crippen LogP) is 1.46. The molecule has 4 heterocycles. The smallest absolute Gasteiger partial charge is 0.342 e. The third kappa shape index (κ3) is 2.12. The van der Waals surface area contributed by atoms with Gasteiger partial charge in [0.15, 0.2) is 28.4 Å². The van der Waals surface area contributed by atoms with Gasteiger partial charge in [-0.3, -0.25) is 9.59 Å². The molecule has 10 atom stereocenters. The Hall–Kier alpha value is -2.62. The second-order valence-electron chi connectivity index (χ2n) is 12.6. The molecule has 2 N–H and O–H groups in total. The summed E-state index contributed by atoms with van der Waals surface area (Å²) in [6.45, 7) is 8.91. The van der Waals surface area contributed by atoms with Crippen molar-refractivity contribution in [3.8, 4) is 0 Å². The number of ketones is 2. The predicted molar refractivity (Wildman–Crippen MR) is 124 cm³/mol. The van der Waals surface area contributed by atoms with Crippen LogP contribution in [0.3, 0.4) is 0 Å². The number of Topliss-reactive ketones (excluding diaryl/α,β-unsaturated/α-hetero) is 1. The van der Waals surface area contributed by atoms with Gasteiger partial charge in [0.2, 0.25) is 5.79 Å². The Morgan fingerprint density at radius 3 is 2.54 bits per heavy atom. The number of ether oxygens (including phenoxy) is 3. The SMILES string of the molecule is C=C1C(=O)O[C@@H]2C[C@@]1(C)[C@@H]1C(=O)[C@@]3(O)O[C@]14[C@@]2(C)OC(=O)[C@@]4(O)CC[C@H]1[C@H]3CC=C2CC=CC(=O)[C@@]21C. The molecule has 7 rings (SSSR count). The van der Waals surface area contributed by atoms with Crippen LogP contribution >= 0.6 is 0 Å². The van der Waals surface area contributed by atoms with Crippen LogP contribution in [0.4, 0.5) is 0 Å². The first-order valence-electron chi connectivity index (χ1n) is 13.0. The Labute approximate surface area is 213 Å². The van der Waals surface area contributed by atoms with Crippen LogP contribution in [0.15, 0.2) is 36.0 Å². The molecule has 1 spiro atoms. The summed E-state index contributed by atoms with van der Waals surface area (Å²) in [4.78, 5) is 54.3. The summed E-state index contributed by atoms with van der Waals surface area (Å²) in [5.74, 6) is -7.72. The molecular formula is C28H30O9. The van der Waals surface area contributed by atoms with E-state index in [0.717, 1.165) is 5.57 Å². The first-order chi connectivity index (χ1) is 17.2. The minimum Gasteiger partial charge on any atom is -0.455 e. The number of carbonyl (C=O) groups excluding carboxylic acids is 4. The van der Waals surface area contributed by atoms with Crippen molar-refractivity contribution in [2.45, 2.75) is 81.6 Å². The first-order valence-corrected chi connectivity index (χ1v) is 13.0. The first kappa shape index (κ1) is 23.5. The van der Waals surface area contributed by atoms with E-state index < -0.39 is 75.0 Å². The van der Waals surface area contributed by atoms with Crippen molar-refractivity contribution >= 4 is 23.5 Å². The molecule has 0 amide bonds. The highest BCUT2D eigenvalue weighted by molar-refractivity contribution is 6.02. The van der Waals surface area contributed by atoms with Crippen LogP contribution in [0, 0.1) is 28.6 Å². The van der Waals surface area contributed by atoms with Gasteiger partial charge in [-0.25, -0.2) is 9.59 Å². The van der Waals surface area contributed by atoms with E-state index in [1.807, 2.05) is 6.08 Å². The van der Waals surface area contributed by atoms with Gasteiger partial charge < -0.3 is 24.4 Å². The molecule has 0 aromatic heterocycles. The molecule has 1 saturated carbocycles. The number of fused-ring (bicyclic) bond motifs is 9. The van der Waals surface area contributed by atoms with Gasteiger partial charge in [-0.2, -0.15) is 0 Å². The molecule has 7 aliphatic rings. The Morgan fingerprint density at radius 2 is 1.81 bits per heavy atom. The summed E-state index contributed by atoms with van der Waals surface area (Å²) in [5, 5.41) is 24.6. The van der Waals surface area contributed by atoms with E-state index in [4.69, 9.17) is 14.2 Å². The second kappa shape index (κ2) is 6.33. The fourth-order valence-corrected chi connectivity index (χ4v) is 9.22. The number of aliphatic hydroxyl groups is 2. The summed E-state index contributed by atoms with van der Waals surface area (Å²) in [7, 11) is 0. The summed E-state index contributed by atoms with van der Waals surface area (Å²) >= 11 is 0. The molecule has 0 unspecified atom stereocenters. The molecule has 4 aliphatic heterocycles. The van der Waals surface area contributed by atoms with Crippen LogP contribution in [0.2, 0.25) is 0 Å². The van der Waals surface area contributed by atoms with Gasteiger partial charge in [0.05, 0.1) is 11.3 Å². The number of allylic oxidation sites excluding steroid dienone is 4. The molecule has 4 bridgehead atoms. The fourth-order valence-electron chi connectivity index (χ4n) is 9.22. The Morgan fingerprint density at radius 1 is 1.08 bits per heavy atom. The maximum atomic E-state index is 14.5. The lowest BCUT2D eigenvalue weighted by atomic mass is 9.47. The van der Waals surface area contributed by atoms with E-state index in [1.54, 1.807) is 19.9 Å². The molecule has 196 valence electrons. The average Bonchev–Trinajstić information content (AvgIpc) is 3.19. The zero-order valence-electron chi connectivity index (χ0n) is 21.0. The van der Waals surface area contributed by atoms with E-state index in [0.29, 0.717) is 6.42 Å². The lowest BCUT2D eigenvalue weighted by Crippen LogP contribution is -2.77. The van der Waals surface area contributed by atoms with E-state index in [-0.39, 0.29) is 37.0 Å². The molecule has 3 aliphatic carbocycles. The van der Waals surface area contributed by atoms with Crippen molar-refractivity contribution in [2.75, 3.05) is 0 Å². The third-order valence-corrected chi connectivity index (χ3v) is 11.3. The number of esters is 2. The molecule has 37 heavy (non-hydrogen) atoms. The topological polar surface area (TPSA) is 136 Å². The van der Waals surface area contributed by atoms with Gasteiger partial charge in [0.1, 0.15) is 6.10 Å². The van der Waals surface area contributed by atoms with Gasteiger partial charge in [-0.05, 0) is 57.9 Å². The maximum Gasteiger partial charge on any atom is 0.342 e. The Kier molecular flexibility index (Phi) is 4.02. The number of hydrogen-bond acceptors (Lipinski definition) is 9. The highest BCUT2D eigenvalue weighted by Crippen LogP contribution is 2.73. The maximum absolute atomic E-state index is 14.5. The third-order valence-electron chi connectivity index (χ3n) is 11.3. The average molecular weight is 511 g/mol. The van der Waals surface area contributed by atoms with Crippen LogP contribution in [-0.2, 0) is 33.4 Å². The zero-order valence-corrected chi connectivity index (χ0v) is 21.0. The van der Waals surface area contributed by atoms with E-state index in [9.17, 15) is 29.4 Å². The van der Waals surface area contributed by atoms with Crippen molar-refractivity contribution in [1.29, 1.82) is 0 Å². The van der Waals surface area contributed by atoms with Crippen LogP contribution in [-0.4, -0.2) is 62.4 Å². The second-order valence-corrected chi connectivity index (χ2v) is 12.6. The number of hydrogen-bond donors (Lipinski definition) is 2. The summed E-state index contributed by atoms with van der Waals surface area (Å²) in [5.41, 5.74) is -7.44. The summed E-state index contributed by atoms with van der Waals surface area (Å²) in [6, 6.07) is 0. The summed E-state index contributed by atoms with van der Waals surface area (Å²) in [6.07, 6.45) is 5.20. The number of rotatable bonds is 0. The minimum absolute atomic E-state index is 0.0271.